The van der Waals surface area contributed by atoms with E-state index >= 15 is 0 Å². The lowest BCUT2D eigenvalue weighted by Crippen LogP contribution is -2.31. The van der Waals surface area contributed by atoms with Crippen LogP contribution in [0.2, 0.25) is 0 Å². The highest BCUT2D eigenvalue weighted by molar-refractivity contribution is 5.94. The topological polar surface area (TPSA) is 40.5 Å². The molecule has 0 fully saturated rings. The van der Waals surface area contributed by atoms with Crippen LogP contribution in [0.4, 0.5) is 8.78 Å². The molecule has 5 heteroatoms. The van der Waals surface area contributed by atoms with Crippen LogP contribution in [0.3, 0.4) is 0 Å². The molecule has 2 aromatic carbocycles. The van der Waals surface area contributed by atoms with Gasteiger partial charge >= 0.3 is 0 Å². The van der Waals surface area contributed by atoms with E-state index in [1.165, 1.54) is 11.0 Å². The van der Waals surface area contributed by atoms with Crippen LogP contribution in [0, 0.1) is 11.6 Å². The predicted molar refractivity (Wildman–Crippen MR) is 84.2 cm³/mol. The summed E-state index contributed by atoms with van der Waals surface area (Å²) in [6.07, 6.45) is 0.359. The molecule has 122 valence electrons. The first-order valence-corrected chi connectivity index (χ1v) is 7.39. The lowest BCUT2D eigenvalue weighted by molar-refractivity contribution is 0.0781. The van der Waals surface area contributed by atoms with Crippen LogP contribution in [-0.4, -0.2) is 36.1 Å². The molecule has 2 aromatic rings. The van der Waals surface area contributed by atoms with E-state index < -0.39 is 11.6 Å². The Kier molecular flexibility index (Phi) is 5.82. The van der Waals surface area contributed by atoms with Crippen LogP contribution in [0.25, 0.3) is 0 Å². The maximum absolute atomic E-state index is 13.4. The van der Waals surface area contributed by atoms with Gasteiger partial charge in [-0.2, -0.15) is 0 Å². The highest BCUT2D eigenvalue weighted by Gasteiger charge is 2.19. The first-order chi connectivity index (χ1) is 11.0. The number of carbonyl (C=O) groups excluding carboxylic acids is 1. The Balaban J connectivity index is 2.15. The lowest BCUT2D eigenvalue weighted by atomic mass is 9.95. The van der Waals surface area contributed by atoms with Gasteiger partial charge in [-0.25, -0.2) is 8.78 Å². The van der Waals surface area contributed by atoms with E-state index in [1.807, 2.05) is 6.07 Å². The molecule has 0 heterocycles. The lowest BCUT2D eigenvalue weighted by Gasteiger charge is -2.24. The summed E-state index contributed by atoms with van der Waals surface area (Å²) in [5.41, 5.74) is 1.12. The van der Waals surface area contributed by atoms with E-state index in [2.05, 4.69) is 0 Å². The van der Waals surface area contributed by atoms with Crippen molar-refractivity contribution < 1.29 is 18.7 Å². The molecule has 3 nitrogen and oxygen atoms in total. The van der Waals surface area contributed by atoms with Crippen molar-refractivity contribution in [1.29, 1.82) is 0 Å². The number of amides is 1. The number of aliphatic hydroxyl groups is 1. The Hall–Kier alpha value is -2.27. The maximum Gasteiger partial charge on any atom is 0.253 e. The largest absolute Gasteiger partial charge is 0.396 e. The number of hydrogen-bond acceptors (Lipinski definition) is 2. The summed E-state index contributed by atoms with van der Waals surface area (Å²) in [5.74, 6) is -2.27. The highest BCUT2D eigenvalue weighted by atomic mass is 19.2. The van der Waals surface area contributed by atoms with Crippen LogP contribution in [0.1, 0.15) is 28.3 Å². The van der Waals surface area contributed by atoms with E-state index in [1.54, 1.807) is 31.3 Å². The van der Waals surface area contributed by atoms with Crippen molar-refractivity contribution in [3.05, 3.63) is 71.3 Å². The van der Waals surface area contributed by atoms with E-state index in [9.17, 15) is 18.7 Å². The van der Waals surface area contributed by atoms with Gasteiger partial charge in [0.25, 0.3) is 5.91 Å². The van der Waals surface area contributed by atoms with Gasteiger partial charge in [-0.1, -0.05) is 24.3 Å². The quantitative estimate of drug-likeness (QED) is 0.888. The third-order valence-electron chi connectivity index (χ3n) is 3.75. The molecule has 0 aliphatic carbocycles. The van der Waals surface area contributed by atoms with Crippen molar-refractivity contribution in [3.8, 4) is 0 Å². The average molecular weight is 319 g/mol. The Morgan fingerprint density at radius 3 is 2.43 bits per heavy atom. The standard InChI is InChI=1S/C18H19F2NO2/c1-21(18(23)13-5-3-2-4-6-13)12-15(9-10-22)14-7-8-16(19)17(20)11-14/h2-8,11,15,22H,9-10,12H2,1H3. The second-order valence-electron chi connectivity index (χ2n) is 5.43. The van der Waals surface area contributed by atoms with Crippen LogP contribution in [0.15, 0.2) is 48.5 Å². The van der Waals surface area contributed by atoms with E-state index in [4.69, 9.17) is 0 Å². The zero-order valence-electron chi connectivity index (χ0n) is 12.9. The summed E-state index contributed by atoms with van der Waals surface area (Å²) in [6.45, 7) is 0.205. The van der Waals surface area contributed by atoms with Gasteiger partial charge in [-0.05, 0) is 36.2 Å². The minimum absolute atomic E-state index is 0.100. The molecule has 0 aliphatic rings. The number of nitrogens with zero attached hydrogens (tertiary/aromatic N) is 1. The molecule has 2 rings (SSSR count). The summed E-state index contributed by atoms with van der Waals surface area (Å²) < 4.78 is 26.5. The van der Waals surface area contributed by atoms with E-state index in [-0.39, 0.29) is 18.4 Å². The van der Waals surface area contributed by atoms with Gasteiger partial charge in [0.2, 0.25) is 0 Å². The average Bonchev–Trinajstić information content (AvgIpc) is 2.57. The summed E-state index contributed by atoms with van der Waals surface area (Å²) in [5, 5.41) is 9.22. The minimum atomic E-state index is -0.928. The highest BCUT2D eigenvalue weighted by Crippen LogP contribution is 2.23. The van der Waals surface area contributed by atoms with Crippen molar-refractivity contribution in [2.75, 3.05) is 20.2 Å². The fourth-order valence-corrected chi connectivity index (χ4v) is 2.50. The van der Waals surface area contributed by atoms with Crippen molar-refractivity contribution in [3.63, 3.8) is 0 Å². The number of carbonyl (C=O) groups is 1. The molecule has 0 aliphatic heterocycles. The Bertz CT molecular complexity index is 661. The normalized spacial score (nSPS) is 12.0. The Morgan fingerprint density at radius 2 is 1.83 bits per heavy atom. The number of aliphatic hydroxyl groups excluding tert-OH is 1. The third-order valence-corrected chi connectivity index (χ3v) is 3.75. The van der Waals surface area contributed by atoms with E-state index in [0.717, 1.165) is 12.1 Å². The van der Waals surface area contributed by atoms with Crippen molar-refractivity contribution in [1.82, 2.24) is 4.90 Å². The first kappa shape index (κ1) is 17.1. The monoisotopic (exact) mass is 319 g/mol. The van der Waals surface area contributed by atoms with Gasteiger partial charge in [0.05, 0.1) is 0 Å². The number of rotatable bonds is 6. The Morgan fingerprint density at radius 1 is 1.13 bits per heavy atom. The summed E-state index contributed by atoms with van der Waals surface area (Å²) in [7, 11) is 1.65. The number of likely N-dealkylation sites (N-methyl/N-ethyl adjacent to an activating group) is 1. The van der Waals surface area contributed by atoms with Gasteiger partial charge in [-0.3, -0.25) is 4.79 Å². The molecule has 0 aromatic heterocycles. The SMILES string of the molecule is CN(CC(CCO)c1ccc(F)c(F)c1)C(=O)c1ccccc1. The number of halogens is 2. The van der Waals surface area contributed by atoms with Crippen LogP contribution in [0.5, 0.6) is 0 Å². The maximum atomic E-state index is 13.4. The number of hydrogen-bond donors (Lipinski definition) is 1. The van der Waals surface area contributed by atoms with Gasteiger partial charge in [0, 0.05) is 31.7 Å². The molecular formula is C18H19F2NO2. The molecule has 0 saturated heterocycles. The molecule has 1 amide bonds. The van der Waals surface area contributed by atoms with Gasteiger partial charge in [0.1, 0.15) is 0 Å². The predicted octanol–water partition coefficient (Wildman–Crippen LogP) is 3.20. The molecule has 0 saturated carbocycles. The molecule has 0 spiro atoms. The van der Waals surface area contributed by atoms with Crippen LogP contribution >= 0.6 is 0 Å². The van der Waals surface area contributed by atoms with E-state index in [0.29, 0.717) is 24.1 Å². The molecule has 23 heavy (non-hydrogen) atoms. The molecule has 0 bridgehead atoms. The molecule has 1 unspecified atom stereocenters. The van der Waals surface area contributed by atoms with Crippen LogP contribution in [-0.2, 0) is 0 Å². The summed E-state index contributed by atoms with van der Waals surface area (Å²) in [4.78, 5) is 13.9. The van der Waals surface area contributed by atoms with Gasteiger partial charge < -0.3 is 10.0 Å². The zero-order chi connectivity index (χ0) is 16.8. The fourth-order valence-electron chi connectivity index (χ4n) is 2.50. The zero-order valence-corrected chi connectivity index (χ0v) is 12.9. The third kappa shape index (κ3) is 4.36. The molecular weight excluding hydrogens is 300 g/mol. The second-order valence-corrected chi connectivity index (χ2v) is 5.43. The molecule has 0 radical (unpaired) electrons. The van der Waals surface area contributed by atoms with Gasteiger partial charge in [0.15, 0.2) is 11.6 Å². The molecule has 1 atom stereocenters. The van der Waals surface area contributed by atoms with Crippen molar-refractivity contribution in [2.24, 2.45) is 0 Å². The van der Waals surface area contributed by atoms with Crippen LogP contribution < -0.4 is 0 Å². The first-order valence-electron chi connectivity index (χ1n) is 7.39. The van der Waals surface area contributed by atoms with Gasteiger partial charge in [-0.15, -0.1) is 0 Å². The minimum Gasteiger partial charge on any atom is -0.396 e. The second kappa shape index (κ2) is 7.83. The number of benzene rings is 2. The summed E-state index contributed by atoms with van der Waals surface area (Å²) in [6, 6.07) is 12.5. The smallest absolute Gasteiger partial charge is 0.253 e. The molecule has 1 N–H and O–H groups in total. The summed E-state index contributed by atoms with van der Waals surface area (Å²) >= 11 is 0. The fraction of sp³-hybridized carbons (Fsp3) is 0.278. The van der Waals surface area contributed by atoms with Crippen molar-refractivity contribution >= 4 is 5.91 Å². The Labute approximate surface area is 134 Å². The van der Waals surface area contributed by atoms with Crippen molar-refractivity contribution in [2.45, 2.75) is 12.3 Å².